The first-order valence-corrected chi connectivity index (χ1v) is 7.64. The number of nitrogens with zero attached hydrogens (tertiary/aromatic N) is 2. The van der Waals surface area contributed by atoms with E-state index in [1.54, 1.807) is 23.1 Å². The van der Waals surface area contributed by atoms with Crippen molar-refractivity contribution in [2.24, 2.45) is 0 Å². The molecule has 2 amide bonds. The molecule has 0 spiro atoms. The standard InChI is InChI=1S/C14H19Cl2N3O2.ClH/c1-19(6-7-20)4-2-18(3-5-19)14(21)17-13-9-11(15)8-12(16)10-13;/h8-10,20H,2-7H2,1H3;1H. The van der Waals surface area contributed by atoms with E-state index >= 15 is 0 Å². The Morgan fingerprint density at radius 3 is 2.32 bits per heavy atom. The smallest absolute Gasteiger partial charge is 0.322 e. The number of aliphatic hydroxyl groups is 1. The number of benzene rings is 1. The first-order chi connectivity index (χ1) is 9.92. The van der Waals surface area contributed by atoms with Gasteiger partial charge in [0.25, 0.3) is 0 Å². The third-order valence-electron chi connectivity index (χ3n) is 3.86. The zero-order valence-electron chi connectivity index (χ0n) is 12.4. The fourth-order valence-electron chi connectivity index (χ4n) is 2.44. The van der Waals surface area contributed by atoms with Crippen LogP contribution in [0.3, 0.4) is 0 Å². The second kappa shape index (κ2) is 8.22. The molecule has 0 saturated carbocycles. The van der Waals surface area contributed by atoms with Crippen molar-refractivity contribution in [2.75, 3.05) is 51.7 Å². The van der Waals surface area contributed by atoms with E-state index < -0.39 is 0 Å². The van der Waals surface area contributed by atoms with E-state index in [0.29, 0.717) is 28.8 Å². The van der Waals surface area contributed by atoms with Gasteiger partial charge in [0.05, 0.1) is 39.8 Å². The van der Waals surface area contributed by atoms with E-state index in [2.05, 4.69) is 12.4 Å². The minimum atomic E-state index is -0.149. The van der Waals surface area contributed by atoms with Gasteiger partial charge in [0.15, 0.2) is 0 Å². The average Bonchev–Trinajstić information content (AvgIpc) is 2.38. The Hall–Kier alpha value is -0.720. The van der Waals surface area contributed by atoms with E-state index in [0.717, 1.165) is 24.1 Å². The number of hydrogen-bond donors (Lipinski definition) is 2. The van der Waals surface area contributed by atoms with Gasteiger partial charge in [-0.2, -0.15) is 0 Å². The summed E-state index contributed by atoms with van der Waals surface area (Å²) < 4.78 is 0.795. The van der Waals surface area contributed by atoms with E-state index in [9.17, 15) is 4.79 Å². The Morgan fingerprint density at radius 2 is 1.82 bits per heavy atom. The van der Waals surface area contributed by atoms with Gasteiger partial charge in [0.2, 0.25) is 0 Å². The molecule has 1 aliphatic rings. The molecule has 1 fully saturated rings. The molecule has 0 unspecified atom stereocenters. The lowest BCUT2D eigenvalue weighted by Crippen LogP contribution is -3.00. The Bertz CT molecular complexity index is 500. The highest BCUT2D eigenvalue weighted by molar-refractivity contribution is 6.35. The quantitative estimate of drug-likeness (QED) is 0.692. The molecule has 8 heteroatoms. The van der Waals surface area contributed by atoms with E-state index in [-0.39, 0.29) is 25.0 Å². The predicted octanol–water partition coefficient (Wildman–Crippen LogP) is -0.716. The van der Waals surface area contributed by atoms with Crippen LogP contribution in [0.2, 0.25) is 10.0 Å². The number of carbonyl (C=O) groups is 1. The number of carbonyl (C=O) groups excluding carboxylic acids is 1. The topological polar surface area (TPSA) is 52.6 Å². The predicted molar refractivity (Wildman–Crippen MR) is 84.9 cm³/mol. The van der Waals surface area contributed by atoms with Gasteiger partial charge in [-0.25, -0.2) is 4.79 Å². The Kier molecular flexibility index (Phi) is 7.22. The van der Waals surface area contributed by atoms with Crippen LogP contribution in [0.1, 0.15) is 0 Å². The number of hydrogen-bond acceptors (Lipinski definition) is 2. The third kappa shape index (κ3) is 5.18. The molecular formula is C14H20Cl3N3O2. The molecule has 1 aromatic rings. The largest absolute Gasteiger partial charge is 1.00 e. The molecule has 1 aliphatic heterocycles. The molecule has 1 heterocycles. The van der Waals surface area contributed by atoms with Crippen LogP contribution >= 0.6 is 23.2 Å². The summed E-state index contributed by atoms with van der Waals surface area (Å²) in [6, 6.07) is 4.81. The molecule has 0 aliphatic carbocycles. The average molecular weight is 369 g/mol. The van der Waals surface area contributed by atoms with Crippen molar-refractivity contribution >= 4 is 34.9 Å². The van der Waals surface area contributed by atoms with Gasteiger partial charge < -0.3 is 32.2 Å². The van der Waals surface area contributed by atoms with Crippen LogP contribution in [-0.4, -0.2) is 66.9 Å². The number of nitrogens with one attached hydrogen (secondary N) is 1. The zero-order valence-corrected chi connectivity index (χ0v) is 14.6. The van der Waals surface area contributed by atoms with E-state index in [1.165, 1.54) is 0 Å². The summed E-state index contributed by atoms with van der Waals surface area (Å²) in [6.07, 6.45) is 0. The fourth-order valence-corrected chi connectivity index (χ4v) is 2.97. The van der Waals surface area contributed by atoms with Crippen LogP contribution in [0.25, 0.3) is 0 Å². The van der Waals surface area contributed by atoms with Crippen molar-refractivity contribution in [1.29, 1.82) is 0 Å². The summed E-state index contributed by atoms with van der Waals surface area (Å²) in [4.78, 5) is 14.0. The van der Waals surface area contributed by atoms with Crippen molar-refractivity contribution in [3.05, 3.63) is 28.2 Å². The maximum absolute atomic E-state index is 12.2. The first-order valence-electron chi connectivity index (χ1n) is 6.88. The number of amides is 2. The normalized spacial score (nSPS) is 16.8. The molecule has 1 aromatic carbocycles. The van der Waals surface area contributed by atoms with Crippen LogP contribution in [0.4, 0.5) is 10.5 Å². The van der Waals surface area contributed by atoms with Gasteiger partial charge in [0.1, 0.15) is 6.54 Å². The molecule has 2 N–H and O–H groups in total. The summed E-state index contributed by atoms with van der Waals surface area (Å²) in [5, 5.41) is 12.9. The molecule has 1 saturated heterocycles. The molecule has 0 aromatic heterocycles. The first kappa shape index (κ1) is 19.3. The van der Waals surface area contributed by atoms with Crippen LogP contribution < -0.4 is 17.7 Å². The molecule has 0 radical (unpaired) electrons. The third-order valence-corrected chi connectivity index (χ3v) is 4.30. The number of likely N-dealkylation sites (N-methyl/N-ethyl adjacent to an activating group) is 1. The van der Waals surface area contributed by atoms with Crippen molar-refractivity contribution in [3.8, 4) is 0 Å². The van der Waals surface area contributed by atoms with Gasteiger partial charge in [-0.15, -0.1) is 0 Å². The highest BCUT2D eigenvalue weighted by atomic mass is 35.5. The molecule has 22 heavy (non-hydrogen) atoms. The molecule has 124 valence electrons. The van der Waals surface area contributed by atoms with Crippen LogP contribution in [0.15, 0.2) is 18.2 Å². The Morgan fingerprint density at radius 1 is 1.27 bits per heavy atom. The summed E-state index contributed by atoms with van der Waals surface area (Å²) in [6.45, 7) is 3.89. The maximum atomic E-state index is 12.2. The number of halogens is 3. The Balaban J connectivity index is 0.00000242. The highest BCUT2D eigenvalue weighted by Crippen LogP contribution is 2.23. The SMILES string of the molecule is C[N+]1(CCO)CCN(C(=O)Nc2cc(Cl)cc(Cl)c2)CC1.[Cl-]. The lowest BCUT2D eigenvalue weighted by molar-refractivity contribution is -0.913. The van der Waals surface area contributed by atoms with Gasteiger partial charge in [0, 0.05) is 15.7 Å². The maximum Gasteiger partial charge on any atom is 0.322 e. The number of quaternary nitrogens is 1. The molecule has 2 rings (SSSR count). The monoisotopic (exact) mass is 367 g/mol. The van der Waals surface area contributed by atoms with Crippen molar-refractivity contribution < 1.29 is 26.8 Å². The van der Waals surface area contributed by atoms with Crippen LogP contribution in [0, 0.1) is 0 Å². The zero-order chi connectivity index (χ0) is 15.5. The van der Waals surface area contributed by atoms with Crippen LogP contribution in [0.5, 0.6) is 0 Å². The summed E-state index contributed by atoms with van der Waals surface area (Å²) in [5.74, 6) is 0. The van der Waals surface area contributed by atoms with Crippen molar-refractivity contribution in [2.45, 2.75) is 0 Å². The van der Waals surface area contributed by atoms with Gasteiger partial charge in [-0.05, 0) is 18.2 Å². The lowest BCUT2D eigenvalue weighted by atomic mass is 10.2. The Labute approximate surface area is 146 Å². The minimum absolute atomic E-state index is 0. The second-order valence-electron chi connectivity index (χ2n) is 5.59. The van der Waals surface area contributed by atoms with E-state index in [4.69, 9.17) is 28.3 Å². The molecular weight excluding hydrogens is 349 g/mol. The summed E-state index contributed by atoms with van der Waals surface area (Å²) >= 11 is 11.8. The van der Waals surface area contributed by atoms with Crippen molar-refractivity contribution in [1.82, 2.24) is 4.90 Å². The fraction of sp³-hybridized carbons (Fsp3) is 0.500. The van der Waals surface area contributed by atoms with Gasteiger partial charge >= 0.3 is 6.03 Å². The number of rotatable bonds is 3. The number of piperazine rings is 1. The number of aliphatic hydroxyl groups excluding tert-OH is 1. The minimum Gasteiger partial charge on any atom is -1.00 e. The second-order valence-corrected chi connectivity index (χ2v) is 6.46. The lowest BCUT2D eigenvalue weighted by Gasteiger charge is -2.41. The van der Waals surface area contributed by atoms with Crippen molar-refractivity contribution in [3.63, 3.8) is 0 Å². The summed E-state index contributed by atoms with van der Waals surface area (Å²) in [7, 11) is 2.10. The molecule has 0 bridgehead atoms. The summed E-state index contributed by atoms with van der Waals surface area (Å²) in [5.41, 5.74) is 0.593. The highest BCUT2D eigenvalue weighted by Gasteiger charge is 2.30. The van der Waals surface area contributed by atoms with Gasteiger partial charge in [-0.3, -0.25) is 0 Å². The number of urea groups is 1. The van der Waals surface area contributed by atoms with Gasteiger partial charge in [-0.1, -0.05) is 23.2 Å². The number of anilines is 1. The molecule has 5 nitrogen and oxygen atoms in total. The molecule has 0 atom stereocenters. The van der Waals surface area contributed by atoms with E-state index in [1.807, 2.05) is 0 Å². The van der Waals surface area contributed by atoms with Crippen LogP contribution in [-0.2, 0) is 0 Å².